The molecule has 18 heteroatoms. The number of fused-ring (bicyclic) bond motifs is 4. The lowest BCUT2D eigenvalue weighted by molar-refractivity contribution is -0.136. The molecule has 0 spiro atoms. The summed E-state index contributed by atoms with van der Waals surface area (Å²) in [5.41, 5.74) is 6.95. The van der Waals surface area contributed by atoms with E-state index in [1.165, 1.54) is 0 Å². The van der Waals surface area contributed by atoms with Crippen LogP contribution in [-0.4, -0.2) is 120 Å². The summed E-state index contributed by atoms with van der Waals surface area (Å²) >= 11 is 0. The Balaban J connectivity index is 0.840. The number of anilines is 2. The molecule has 16 nitrogen and oxygen atoms in total. The standard InChI is InChI=1S/C45H48F2N10O6/c1-25(58)54-15-10-36-35(23-54)42(55-11-3-4-27-17-31(29-20-48-51(2)21-29)32(41(46)47)19-38(27)55)50-57(36)30-8-13-53(14-9-30)40(60)24-52-12-7-26-16-33-34(18-28(26)22-52)45(63)56(44(33)62)37-5-6-39(59)49-43(37)61/h16-21,30,37,41H,3-15,22-24H2,1-2H3,(H,49,59,61). The van der Waals surface area contributed by atoms with Gasteiger partial charge < -0.3 is 14.7 Å². The molecule has 1 atom stereocenters. The van der Waals surface area contributed by atoms with Gasteiger partial charge in [0.15, 0.2) is 5.82 Å². The lowest BCUT2D eigenvalue weighted by atomic mass is 9.92. The SMILES string of the molecule is CC(=O)N1CCc2c(c(N3CCCc4cc(-c5cnn(C)c5)c(C(F)F)cc43)nn2C2CCN(C(=O)CN3CCc4cc5c(cc4C3)C(=O)N(C3CCC(=O)NC3=O)C5=O)CC2)C1. The van der Waals surface area contributed by atoms with Gasteiger partial charge in [-0.25, -0.2) is 8.78 Å². The van der Waals surface area contributed by atoms with Crippen LogP contribution in [0.1, 0.15) is 106 Å². The number of nitrogens with one attached hydrogen (secondary N) is 1. The van der Waals surface area contributed by atoms with Crippen molar-refractivity contribution < 1.29 is 37.5 Å². The summed E-state index contributed by atoms with van der Waals surface area (Å²) in [6, 6.07) is 5.89. The molecule has 2 aromatic heterocycles. The Morgan fingerprint density at radius 3 is 2.27 bits per heavy atom. The molecule has 8 heterocycles. The molecular formula is C45H48F2N10O6. The lowest BCUT2D eigenvalue weighted by Crippen LogP contribution is -2.54. The number of carbonyl (C=O) groups is 6. The summed E-state index contributed by atoms with van der Waals surface area (Å²) in [6.45, 7) is 5.34. The maximum Gasteiger partial charge on any atom is 0.264 e. The third kappa shape index (κ3) is 7.17. The van der Waals surface area contributed by atoms with Crippen LogP contribution in [0.3, 0.4) is 0 Å². The highest BCUT2D eigenvalue weighted by atomic mass is 19.3. The quantitative estimate of drug-likeness (QED) is 0.270. The van der Waals surface area contributed by atoms with Crippen molar-refractivity contribution in [1.29, 1.82) is 0 Å². The summed E-state index contributed by atoms with van der Waals surface area (Å²) in [4.78, 5) is 86.3. The van der Waals surface area contributed by atoms with E-state index < -0.39 is 36.1 Å². The number of rotatable bonds is 7. The van der Waals surface area contributed by atoms with Gasteiger partial charge in [0, 0.05) is 100 Å². The molecule has 6 aliphatic rings. The third-order valence-electron chi connectivity index (χ3n) is 13.8. The number of imide groups is 2. The van der Waals surface area contributed by atoms with Crippen LogP contribution in [0, 0.1) is 0 Å². The second-order valence-corrected chi connectivity index (χ2v) is 17.6. The monoisotopic (exact) mass is 862 g/mol. The molecule has 2 aromatic carbocycles. The number of hydrogen-bond donors (Lipinski definition) is 1. The van der Waals surface area contributed by atoms with E-state index in [-0.39, 0.29) is 53.9 Å². The zero-order valence-corrected chi connectivity index (χ0v) is 35.2. The molecule has 1 unspecified atom stereocenters. The smallest absolute Gasteiger partial charge is 0.264 e. The van der Waals surface area contributed by atoms with Crippen molar-refractivity contribution in [1.82, 2.24) is 44.5 Å². The molecule has 6 amide bonds. The molecule has 63 heavy (non-hydrogen) atoms. The number of aryl methyl sites for hydroxylation is 2. The van der Waals surface area contributed by atoms with Crippen molar-refractivity contribution in [3.63, 3.8) is 0 Å². The summed E-state index contributed by atoms with van der Waals surface area (Å²) < 4.78 is 33.2. The van der Waals surface area contributed by atoms with Gasteiger partial charge >= 0.3 is 0 Å². The van der Waals surface area contributed by atoms with E-state index in [0.29, 0.717) is 94.1 Å². The van der Waals surface area contributed by atoms with Gasteiger partial charge in [-0.3, -0.25) is 53.2 Å². The number of benzene rings is 2. The first-order valence-electron chi connectivity index (χ1n) is 21.8. The zero-order valence-electron chi connectivity index (χ0n) is 35.2. The molecular weight excluding hydrogens is 815 g/mol. The van der Waals surface area contributed by atoms with Crippen LogP contribution >= 0.6 is 0 Å². The van der Waals surface area contributed by atoms with Gasteiger partial charge in [0.1, 0.15) is 6.04 Å². The fraction of sp³-hybridized carbons (Fsp3) is 0.467. The van der Waals surface area contributed by atoms with Crippen LogP contribution in [0.4, 0.5) is 20.3 Å². The number of halogens is 2. The normalized spacial score (nSPS) is 20.6. The molecule has 0 saturated carbocycles. The number of amides is 6. The van der Waals surface area contributed by atoms with Crippen LogP contribution in [-0.2, 0) is 58.6 Å². The Hall–Kier alpha value is -6.30. The van der Waals surface area contributed by atoms with E-state index >= 15 is 0 Å². The predicted octanol–water partition coefficient (Wildman–Crippen LogP) is 3.83. The molecule has 0 radical (unpaired) electrons. The molecule has 10 rings (SSSR count). The van der Waals surface area contributed by atoms with E-state index in [1.807, 2.05) is 11.0 Å². The molecule has 328 valence electrons. The van der Waals surface area contributed by atoms with Crippen molar-refractivity contribution in [3.05, 3.63) is 81.3 Å². The second kappa shape index (κ2) is 15.8. The molecule has 0 aliphatic carbocycles. The molecule has 1 N–H and O–H groups in total. The van der Waals surface area contributed by atoms with Gasteiger partial charge in [0.05, 0.1) is 36.5 Å². The number of hydrogen-bond acceptors (Lipinski definition) is 10. The molecule has 0 bridgehead atoms. The number of alkyl halides is 2. The minimum atomic E-state index is -2.70. The number of nitrogens with zero attached hydrogens (tertiary/aromatic N) is 9. The van der Waals surface area contributed by atoms with Gasteiger partial charge in [0.25, 0.3) is 18.2 Å². The van der Waals surface area contributed by atoms with E-state index in [2.05, 4.69) is 24.9 Å². The summed E-state index contributed by atoms with van der Waals surface area (Å²) in [7, 11) is 1.76. The van der Waals surface area contributed by atoms with Gasteiger partial charge in [0.2, 0.25) is 23.6 Å². The third-order valence-corrected chi connectivity index (χ3v) is 13.8. The van der Waals surface area contributed by atoms with E-state index in [4.69, 9.17) is 5.10 Å². The highest BCUT2D eigenvalue weighted by molar-refractivity contribution is 6.23. The molecule has 4 aromatic rings. The Labute approximate surface area is 361 Å². The van der Waals surface area contributed by atoms with Crippen molar-refractivity contribution in [2.45, 2.75) is 89.9 Å². The fourth-order valence-corrected chi connectivity index (χ4v) is 10.4. The summed E-state index contributed by atoms with van der Waals surface area (Å²) in [5.74, 6) is -1.51. The van der Waals surface area contributed by atoms with Crippen LogP contribution in [0.25, 0.3) is 11.1 Å². The lowest BCUT2D eigenvalue weighted by Gasteiger charge is -2.36. The minimum Gasteiger partial charge on any atom is -0.341 e. The van der Waals surface area contributed by atoms with E-state index in [9.17, 15) is 37.5 Å². The van der Waals surface area contributed by atoms with Crippen molar-refractivity contribution >= 4 is 46.9 Å². The van der Waals surface area contributed by atoms with Crippen molar-refractivity contribution in [2.75, 3.05) is 44.2 Å². The van der Waals surface area contributed by atoms with E-state index in [1.54, 1.807) is 54.1 Å². The first kappa shape index (κ1) is 40.8. The van der Waals surface area contributed by atoms with Gasteiger partial charge in [-0.05, 0) is 85.0 Å². The second-order valence-electron chi connectivity index (χ2n) is 17.6. The predicted molar refractivity (Wildman–Crippen MR) is 223 cm³/mol. The first-order valence-corrected chi connectivity index (χ1v) is 21.8. The van der Waals surface area contributed by atoms with Gasteiger partial charge in [-0.1, -0.05) is 0 Å². The van der Waals surface area contributed by atoms with Gasteiger partial charge in [-0.15, -0.1) is 0 Å². The zero-order chi connectivity index (χ0) is 43.8. The fourth-order valence-electron chi connectivity index (χ4n) is 10.4. The Bertz CT molecular complexity index is 2610. The van der Waals surface area contributed by atoms with Gasteiger partial charge in [-0.2, -0.15) is 10.2 Å². The van der Waals surface area contributed by atoms with Crippen LogP contribution < -0.4 is 10.2 Å². The van der Waals surface area contributed by atoms with E-state index in [0.717, 1.165) is 45.7 Å². The Kier molecular flexibility index (Phi) is 10.2. The Morgan fingerprint density at radius 1 is 0.825 bits per heavy atom. The van der Waals surface area contributed by atoms with Crippen LogP contribution in [0.15, 0.2) is 36.7 Å². The molecule has 6 aliphatic heterocycles. The summed E-state index contributed by atoms with van der Waals surface area (Å²) in [6.07, 6.45) is 4.86. The van der Waals surface area contributed by atoms with Crippen molar-refractivity contribution in [3.8, 4) is 11.1 Å². The summed E-state index contributed by atoms with van der Waals surface area (Å²) in [5, 5.41) is 11.7. The maximum atomic E-state index is 14.7. The number of aromatic nitrogens is 4. The highest BCUT2D eigenvalue weighted by Gasteiger charge is 2.45. The average Bonchev–Trinajstić information content (AvgIpc) is 3.95. The first-order chi connectivity index (χ1) is 30.3. The number of likely N-dealkylation sites (tertiary alicyclic amines) is 1. The average molecular weight is 863 g/mol. The minimum absolute atomic E-state index is 0.000887. The molecule has 2 fully saturated rings. The van der Waals surface area contributed by atoms with Crippen molar-refractivity contribution in [2.24, 2.45) is 7.05 Å². The molecule has 2 saturated heterocycles. The highest BCUT2D eigenvalue weighted by Crippen LogP contribution is 2.44. The van der Waals surface area contributed by atoms with Crippen LogP contribution in [0.5, 0.6) is 0 Å². The number of carbonyl (C=O) groups excluding carboxylic acids is 6. The largest absolute Gasteiger partial charge is 0.341 e. The Morgan fingerprint density at radius 2 is 1.57 bits per heavy atom. The van der Waals surface area contributed by atoms with Crippen LogP contribution in [0.2, 0.25) is 0 Å². The topological polar surface area (TPSA) is 166 Å². The maximum absolute atomic E-state index is 14.7. The number of piperidine rings is 2.